The van der Waals surface area contributed by atoms with Crippen LogP contribution in [0.5, 0.6) is 0 Å². The lowest BCUT2D eigenvalue weighted by Gasteiger charge is -2.19. The van der Waals surface area contributed by atoms with E-state index in [2.05, 4.69) is 5.32 Å². The van der Waals surface area contributed by atoms with E-state index in [-0.39, 0.29) is 49.4 Å². The first-order chi connectivity index (χ1) is 10.2. The number of aldehydes is 1. The number of hydrogen-bond acceptors (Lipinski definition) is 4. The minimum absolute atomic E-state index is 0. The Balaban J connectivity index is 0.00000264. The molecule has 0 aliphatic heterocycles. The molecule has 0 saturated carbocycles. The van der Waals surface area contributed by atoms with Crippen molar-refractivity contribution in [2.75, 3.05) is 19.4 Å². The van der Waals surface area contributed by atoms with Crippen molar-refractivity contribution in [2.24, 2.45) is 0 Å². The molecule has 2 rings (SSSR count). The number of carbonyl (C=O) groups is 2. The summed E-state index contributed by atoms with van der Waals surface area (Å²) >= 11 is 0. The maximum Gasteiger partial charge on any atom is 0.241 e. The van der Waals surface area contributed by atoms with Crippen molar-refractivity contribution < 1.29 is 23.5 Å². The zero-order chi connectivity index (χ0) is 16.7. The number of hydrogen-bond donors (Lipinski definition) is 2. The van der Waals surface area contributed by atoms with E-state index in [9.17, 15) is 23.5 Å². The van der Waals surface area contributed by atoms with Gasteiger partial charge in [0, 0.05) is 32.4 Å². The number of fused-ring (bicyclic) bond motifs is 1. The van der Waals surface area contributed by atoms with Crippen molar-refractivity contribution in [1.82, 2.24) is 4.90 Å². The quantitative estimate of drug-likeness (QED) is 0.813. The summed E-state index contributed by atoms with van der Waals surface area (Å²) in [5.41, 5.74) is -2.16. The first-order valence-corrected chi connectivity index (χ1v) is 6.84. The van der Waals surface area contributed by atoms with Gasteiger partial charge in [0.1, 0.15) is 11.4 Å². The average molecular weight is 344 g/mol. The number of anilines is 1. The second-order valence-electron chi connectivity index (χ2n) is 5.88. The van der Waals surface area contributed by atoms with Crippen LogP contribution in [0, 0.1) is 11.6 Å². The summed E-state index contributed by atoms with van der Waals surface area (Å²) in [6.45, 7) is 1.63. The van der Waals surface area contributed by atoms with Crippen LogP contribution >= 0.6 is 13.5 Å². The molecule has 1 aromatic rings. The summed E-state index contributed by atoms with van der Waals surface area (Å²) in [5, 5.41) is 12.3. The van der Waals surface area contributed by atoms with E-state index in [0.29, 0.717) is 0 Å². The standard InChI is InChI=1S/C15H18F2N2O3.S/c1-8(19(2)3)14(21)18-12-4-11(16)9-5-15(22,7-20)6-10(9)13(12)17;/h4,7-8,22H,5-6H2,1-3H3,(H,18,21);/t8-,15?;/m1./s1. The molecule has 2 N–H and O–H groups in total. The summed E-state index contributed by atoms with van der Waals surface area (Å²) in [6, 6.07) is 0.355. The molecule has 0 heterocycles. The normalized spacial score (nSPS) is 20.7. The predicted molar refractivity (Wildman–Crippen MR) is 84.1 cm³/mol. The maximum absolute atomic E-state index is 14.4. The number of likely N-dealkylation sites (N-methyl/N-ethyl adjacent to an activating group) is 1. The largest absolute Gasteiger partial charge is 0.382 e. The van der Waals surface area contributed by atoms with Crippen LogP contribution < -0.4 is 5.32 Å². The minimum Gasteiger partial charge on any atom is -0.382 e. The molecule has 1 aliphatic rings. The molecule has 0 saturated heterocycles. The molecular weight excluding hydrogens is 326 g/mol. The van der Waals surface area contributed by atoms with Gasteiger partial charge in [-0.05, 0) is 32.1 Å². The van der Waals surface area contributed by atoms with Gasteiger partial charge in [0.2, 0.25) is 5.91 Å². The third kappa shape index (κ3) is 3.70. The van der Waals surface area contributed by atoms with Gasteiger partial charge in [-0.1, -0.05) is 0 Å². The van der Waals surface area contributed by atoms with Crippen LogP contribution in [0.15, 0.2) is 6.07 Å². The molecule has 2 radical (unpaired) electrons. The number of rotatable bonds is 4. The highest BCUT2D eigenvalue weighted by atomic mass is 32.1. The number of carbonyl (C=O) groups excluding carboxylic acids is 2. The second kappa shape index (κ2) is 6.94. The Bertz CT molecular complexity index is 640. The Kier molecular flexibility index (Phi) is 5.89. The minimum atomic E-state index is -1.79. The van der Waals surface area contributed by atoms with Gasteiger partial charge in [-0.25, -0.2) is 8.78 Å². The fourth-order valence-corrected chi connectivity index (χ4v) is 2.41. The van der Waals surface area contributed by atoms with Crippen LogP contribution in [0.4, 0.5) is 14.5 Å². The molecule has 5 nitrogen and oxygen atoms in total. The van der Waals surface area contributed by atoms with Gasteiger partial charge in [0.25, 0.3) is 0 Å². The number of halogens is 2. The Morgan fingerprint density at radius 2 is 1.96 bits per heavy atom. The third-order valence-corrected chi connectivity index (χ3v) is 4.02. The Hall–Kier alpha value is -1.51. The molecule has 23 heavy (non-hydrogen) atoms. The van der Waals surface area contributed by atoms with E-state index in [0.717, 1.165) is 6.07 Å². The highest BCUT2D eigenvalue weighted by Gasteiger charge is 2.39. The third-order valence-electron chi connectivity index (χ3n) is 4.02. The fourth-order valence-electron chi connectivity index (χ4n) is 2.41. The van der Waals surface area contributed by atoms with Crippen molar-refractivity contribution in [3.8, 4) is 0 Å². The van der Waals surface area contributed by atoms with E-state index in [1.54, 1.807) is 25.9 Å². The first kappa shape index (κ1) is 19.5. The molecular formula is C15H18F2N2O3S. The number of aliphatic hydroxyl groups is 1. The molecule has 8 heteroatoms. The Morgan fingerprint density at radius 3 is 2.48 bits per heavy atom. The molecule has 0 spiro atoms. The molecule has 1 unspecified atom stereocenters. The van der Waals surface area contributed by atoms with E-state index < -0.39 is 29.2 Å². The number of benzene rings is 1. The van der Waals surface area contributed by atoms with Crippen LogP contribution in [-0.2, 0) is 22.4 Å². The topological polar surface area (TPSA) is 69.6 Å². The zero-order valence-electron chi connectivity index (χ0n) is 13.0. The van der Waals surface area contributed by atoms with Crippen LogP contribution in [-0.4, -0.2) is 47.9 Å². The van der Waals surface area contributed by atoms with E-state index in [1.165, 1.54) is 0 Å². The van der Waals surface area contributed by atoms with Gasteiger partial charge >= 0.3 is 0 Å². The Labute approximate surface area is 140 Å². The Morgan fingerprint density at radius 1 is 1.39 bits per heavy atom. The molecule has 1 amide bonds. The highest BCUT2D eigenvalue weighted by molar-refractivity contribution is 7.59. The van der Waals surface area contributed by atoms with Gasteiger partial charge in [-0.15, -0.1) is 0 Å². The van der Waals surface area contributed by atoms with Crippen molar-refractivity contribution in [3.05, 3.63) is 28.8 Å². The summed E-state index contributed by atoms with van der Waals surface area (Å²) in [6.07, 6.45) is -0.281. The van der Waals surface area contributed by atoms with Crippen LogP contribution in [0.3, 0.4) is 0 Å². The molecule has 1 aliphatic carbocycles. The van der Waals surface area contributed by atoms with Gasteiger partial charge in [-0.2, -0.15) is 0 Å². The van der Waals surface area contributed by atoms with Crippen molar-refractivity contribution in [2.45, 2.75) is 31.4 Å². The summed E-state index contributed by atoms with van der Waals surface area (Å²) in [5.74, 6) is -2.04. The SMILES string of the molecule is C[C@H](C(=O)Nc1cc(F)c2c(c1F)CC(O)(C=O)C2)N(C)C.[S]. The zero-order valence-corrected chi connectivity index (χ0v) is 13.8. The first-order valence-electron chi connectivity index (χ1n) is 6.84. The lowest BCUT2D eigenvalue weighted by atomic mass is 10.0. The summed E-state index contributed by atoms with van der Waals surface area (Å²) in [7, 11) is 3.38. The fraction of sp³-hybridized carbons (Fsp3) is 0.467. The smallest absolute Gasteiger partial charge is 0.241 e. The summed E-state index contributed by atoms with van der Waals surface area (Å²) < 4.78 is 28.5. The number of nitrogens with zero attached hydrogens (tertiary/aromatic N) is 1. The van der Waals surface area contributed by atoms with Crippen LogP contribution in [0.25, 0.3) is 0 Å². The van der Waals surface area contributed by atoms with Gasteiger partial charge in [-0.3, -0.25) is 9.69 Å². The van der Waals surface area contributed by atoms with E-state index >= 15 is 0 Å². The lowest BCUT2D eigenvalue weighted by Crippen LogP contribution is -2.37. The van der Waals surface area contributed by atoms with Gasteiger partial charge in [0.05, 0.1) is 11.7 Å². The number of nitrogens with one attached hydrogen (secondary N) is 1. The van der Waals surface area contributed by atoms with Gasteiger partial charge in [0.15, 0.2) is 12.1 Å². The monoisotopic (exact) mass is 344 g/mol. The molecule has 126 valence electrons. The van der Waals surface area contributed by atoms with Gasteiger partial charge < -0.3 is 15.2 Å². The second-order valence-corrected chi connectivity index (χ2v) is 5.88. The predicted octanol–water partition coefficient (Wildman–Crippen LogP) is 1.53. The van der Waals surface area contributed by atoms with Crippen molar-refractivity contribution in [3.63, 3.8) is 0 Å². The van der Waals surface area contributed by atoms with E-state index in [1.807, 2.05) is 0 Å². The molecule has 0 aromatic heterocycles. The molecule has 2 atom stereocenters. The van der Waals surface area contributed by atoms with Crippen LogP contribution in [0.1, 0.15) is 18.1 Å². The molecule has 1 aromatic carbocycles. The lowest BCUT2D eigenvalue weighted by molar-refractivity contribution is -0.123. The molecule has 0 bridgehead atoms. The molecule has 0 fully saturated rings. The number of amides is 1. The average Bonchev–Trinajstić information content (AvgIpc) is 2.83. The highest BCUT2D eigenvalue weighted by Crippen LogP contribution is 2.36. The van der Waals surface area contributed by atoms with E-state index in [4.69, 9.17) is 0 Å². The van der Waals surface area contributed by atoms with Crippen molar-refractivity contribution >= 4 is 31.4 Å². The van der Waals surface area contributed by atoms with Crippen LogP contribution in [0.2, 0.25) is 0 Å². The van der Waals surface area contributed by atoms with Crippen molar-refractivity contribution in [1.29, 1.82) is 0 Å². The maximum atomic E-state index is 14.4. The summed E-state index contributed by atoms with van der Waals surface area (Å²) in [4.78, 5) is 24.5.